The first-order valence-corrected chi connectivity index (χ1v) is 12.2. The van der Waals surface area contributed by atoms with Gasteiger partial charge in [-0.2, -0.15) is 0 Å². The lowest BCUT2D eigenvalue weighted by molar-refractivity contribution is -0.156. The van der Waals surface area contributed by atoms with Gasteiger partial charge in [-0.15, -0.1) is 11.8 Å². The van der Waals surface area contributed by atoms with Crippen molar-refractivity contribution in [3.8, 4) is 5.75 Å². The molecule has 5 atom stereocenters. The zero-order chi connectivity index (χ0) is 26.4. The quantitative estimate of drug-likeness (QED) is 0.346. The number of rotatable bonds is 7. The Kier molecular flexibility index (Phi) is 6.72. The van der Waals surface area contributed by atoms with E-state index in [2.05, 4.69) is 10.6 Å². The van der Waals surface area contributed by atoms with E-state index >= 15 is 0 Å². The summed E-state index contributed by atoms with van der Waals surface area (Å²) in [5, 5.41) is 23.9. The van der Waals surface area contributed by atoms with Crippen molar-refractivity contribution in [1.82, 2.24) is 15.5 Å². The Labute approximate surface area is 212 Å². The first-order valence-electron chi connectivity index (χ1n) is 11.4. The van der Waals surface area contributed by atoms with Gasteiger partial charge < -0.3 is 31.5 Å². The fourth-order valence-corrected chi connectivity index (χ4v) is 6.15. The van der Waals surface area contributed by atoms with Crippen molar-refractivity contribution in [2.45, 2.75) is 55.1 Å². The van der Waals surface area contributed by atoms with Gasteiger partial charge in [0.05, 0.1) is 0 Å². The summed E-state index contributed by atoms with van der Waals surface area (Å²) in [5.74, 6) is -2.75. The topological polar surface area (TPSA) is 162 Å². The number of phenols is 1. The van der Waals surface area contributed by atoms with Crippen LogP contribution in [0.3, 0.4) is 0 Å². The number of benzene rings is 2. The second-order valence-electron chi connectivity index (χ2n) is 9.51. The Balaban J connectivity index is 1.47. The lowest BCUT2D eigenvalue weighted by Gasteiger charge is -2.44. The second kappa shape index (κ2) is 9.47. The van der Waals surface area contributed by atoms with Gasteiger partial charge >= 0.3 is 5.97 Å². The number of β-lactam (4-membered cyclic amide) rings is 1. The predicted molar refractivity (Wildman–Crippen MR) is 133 cm³/mol. The lowest BCUT2D eigenvalue weighted by atomic mass is 9.94. The van der Waals surface area contributed by atoms with Crippen molar-refractivity contribution in [2.75, 3.05) is 0 Å². The van der Waals surface area contributed by atoms with Gasteiger partial charge in [0.15, 0.2) is 6.04 Å². The zero-order valence-electron chi connectivity index (χ0n) is 20.0. The average Bonchev–Trinajstić information content (AvgIpc) is 3.09. The zero-order valence-corrected chi connectivity index (χ0v) is 20.8. The molecule has 0 aromatic heterocycles. The van der Waals surface area contributed by atoms with Crippen molar-refractivity contribution in [3.63, 3.8) is 0 Å². The van der Waals surface area contributed by atoms with Crippen molar-refractivity contribution in [2.24, 2.45) is 5.73 Å². The summed E-state index contributed by atoms with van der Waals surface area (Å²) in [6.45, 7) is 5.48. The third kappa shape index (κ3) is 4.63. The molecule has 0 unspecified atom stereocenters. The number of hydrogen-bond acceptors (Lipinski definition) is 7. The van der Waals surface area contributed by atoms with Crippen LogP contribution in [-0.4, -0.2) is 61.0 Å². The summed E-state index contributed by atoms with van der Waals surface area (Å²) in [5.41, 5.74) is 7.88. The van der Waals surface area contributed by atoms with Gasteiger partial charge in [0, 0.05) is 4.75 Å². The van der Waals surface area contributed by atoms with Gasteiger partial charge in [0.25, 0.3) is 0 Å². The van der Waals surface area contributed by atoms with Crippen LogP contribution in [0.4, 0.5) is 0 Å². The number of nitrogens with one attached hydrogen (secondary N) is 2. The Hall–Kier alpha value is -3.57. The van der Waals surface area contributed by atoms with E-state index in [4.69, 9.17) is 5.73 Å². The van der Waals surface area contributed by atoms with Gasteiger partial charge in [-0.3, -0.25) is 14.4 Å². The maximum absolute atomic E-state index is 13.3. The number of nitrogens with two attached hydrogens (primary N) is 1. The fraction of sp³-hybridized carbons (Fsp3) is 0.360. The number of fused-ring (bicyclic) bond motifs is 1. The van der Waals surface area contributed by atoms with Crippen LogP contribution >= 0.6 is 11.8 Å². The van der Waals surface area contributed by atoms with Crippen LogP contribution in [0.5, 0.6) is 5.75 Å². The summed E-state index contributed by atoms with van der Waals surface area (Å²) in [7, 11) is 0. The molecule has 2 heterocycles. The number of hydrogen-bond donors (Lipinski definition) is 5. The number of carbonyl (C=O) groups is 4. The maximum atomic E-state index is 13.3. The molecule has 0 aliphatic carbocycles. The highest BCUT2D eigenvalue weighted by atomic mass is 32.2. The molecule has 2 aromatic rings. The standard InChI is InChI=1S/C25H28N4O6S/c1-12-4-6-14(7-5-12)17(24(34)35)27-21(32)19-25(2,3)36-23-18(22(33)29(19)23)28-20(31)16(26)13-8-10-15(30)11-9-13/h4-11,16-19,23,30H,26H2,1-3H3,(H,27,32)(H,28,31)(H,34,35)/t16-,17+,18-,19+,23-/m1/s1. The molecule has 2 fully saturated rings. The molecule has 4 rings (SSSR count). The normalized spacial score (nSPS) is 23.7. The summed E-state index contributed by atoms with van der Waals surface area (Å²) in [6, 6.07) is 8.58. The highest BCUT2D eigenvalue weighted by Gasteiger charge is 2.64. The van der Waals surface area contributed by atoms with Crippen LogP contribution in [0.1, 0.15) is 42.6 Å². The molecule has 6 N–H and O–H groups in total. The number of aromatic hydroxyl groups is 1. The first-order chi connectivity index (χ1) is 16.9. The minimum Gasteiger partial charge on any atom is -0.508 e. The molecule has 2 saturated heterocycles. The number of aliphatic carboxylic acids is 1. The minimum absolute atomic E-state index is 0.0394. The third-order valence-electron chi connectivity index (χ3n) is 6.47. The van der Waals surface area contributed by atoms with Crippen LogP contribution in [-0.2, 0) is 19.2 Å². The van der Waals surface area contributed by atoms with E-state index in [1.807, 2.05) is 6.92 Å². The van der Waals surface area contributed by atoms with E-state index < -0.39 is 58.0 Å². The smallest absolute Gasteiger partial charge is 0.330 e. The van der Waals surface area contributed by atoms with Crippen molar-refractivity contribution >= 4 is 35.5 Å². The van der Waals surface area contributed by atoms with Crippen LogP contribution in [0.2, 0.25) is 0 Å². The van der Waals surface area contributed by atoms with E-state index in [-0.39, 0.29) is 5.75 Å². The summed E-state index contributed by atoms with van der Waals surface area (Å²) < 4.78 is -0.737. The second-order valence-corrected chi connectivity index (χ2v) is 11.3. The Morgan fingerprint density at radius 1 is 1.06 bits per heavy atom. The fourth-order valence-electron chi connectivity index (χ4n) is 4.51. The molecule has 0 spiro atoms. The van der Waals surface area contributed by atoms with Gasteiger partial charge in [-0.1, -0.05) is 42.0 Å². The molecular formula is C25H28N4O6S. The number of thioether (sulfide) groups is 1. The van der Waals surface area contributed by atoms with E-state index in [9.17, 15) is 29.4 Å². The van der Waals surface area contributed by atoms with E-state index in [0.29, 0.717) is 11.1 Å². The SMILES string of the molecule is Cc1ccc([C@H](NC(=O)[C@@H]2N3C(=O)[C@@H](NC(=O)[C@H](N)c4ccc(O)cc4)[C@H]3SC2(C)C)C(=O)O)cc1. The van der Waals surface area contributed by atoms with Crippen LogP contribution in [0.25, 0.3) is 0 Å². The summed E-state index contributed by atoms with van der Waals surface area (Å²) in [6.07, 6.45) is 0. The summed E-state index contributed by atoms with van der Waals surface area (Å²) >= 11 is 1.36. The molecule has 0 bridgehead atoms. The highest BCUT2D eigenvalue weighted by Crippen LogP contribution is 2.51. The Morgan fingerprint density at radius 2 is 1.64 bits per heavy atom. The Bertz CT molecular complexity index is 1200. The molecule has 10 nitrogen and oxygen atoms in total. The van der Waals surface area contributed by atoms with Gasteiger partial charge in [-0.05, 0) is 44.0 Å². The number of nitrogens with zero attached hydrogens (tertiary/aromatic N) is 1. The van der Waals surface area contributed by atoms with Crippen molar-refractivity contribution in [3.05, 3.63) is 65.2 Å². The van der Waals surface area contributed by atoms with E-state index in [1.54, 1.807) is 38.1 Å². The van der Waals surface area contributed by atoms with Gasteiger partial charge in [0.2, 0.25) is 17.7 Å². The van der Waals surface area contributed by atoms with Crippen LogP contribution in [0.15, 0.2) is 48.5 Å². The van der Waals surface area contributed by atoms with Crippen LogP contribution < -0.4 is 16.4 Å². The number of amides is 3. The summed E-state index contributed by atoms with van der Waals surface area (Å²) in [4.78, 5) is 52.4. The van der Waals surface area contributed by atoms with Gasteiger partial charge in [-0.25, -0.2) is 4.79 Å². The van der Waals surface area contributed by atoms with Crippen molar-refractivity contribution in [1.29, 1.82) is 0 Å². The molecule has 2 aliphatic heterocycles. The molecule has 36 heavy (non-hydrogen) atoms. The number of carboxylic acid groups (broad SMARTS) is 1. The molecule has 2 aromatic carbocycles. The molecular weight excluding hydrogens is 484 g/mol. The average molecular weight is 513 g/mol. The largest absolute Gasteiger partial charge is 0.508 e. The molecule has 3 amide bonds. The van der Waals surface area contributed by atoms with E-state index in [0.717, 1.165) is 5.56 Å². The number of aryl methyl sites for hydroxylation is 1. The number of phenolic OH excluding ortho intramolecular Hbond substituents is 1. The Morgan fingerprint density at radius 3 is 2.22 bits per heavy atom. The molecule has 0 radical (unpaired) electrons. The lowest BCUT2D eigenvalue weighted by Crippen LogP contribution is -2.71. The van der Waals surface area contributed by atoms with Crippen LogP contribution in [0, 0.1) is 6.92 Å². The highest BCUT2D eigenvalue weighted by molar-refractivity contribution is 8.01. The maximum Gasteiger partial charge on any atom is 0.330 e. The van der Waals surface area contributed by atoms with E-state index in [1.165, 1.54) is 40.9 Å². The molecule has 0 saturated carbocycles. The number of carboxylic acids is 1. The predicted octanol–water partition coefficient (Wildman–Crippen LogP) is 1.19. The molecule has 11 heteroatoms. The van der Waals surface area contributed by atoms with Gasteiger partial charge in [0.1, 0.15) is 29.2 Å². The minimum atomic E-state index is -1.27. The molecule has 2 aliphatic rings. The third-order valence-corrected chi connectivity index (χ3v) is 8.04. The number of carbonyl (C=O) groups excluding carboxylic acids is 3. The van der Waals surface area contributed by atoms with Crippen molar-refractivity contribution < 1.29 is 29.4 Å². The first kappa shape index (κ1) is 25.5. The monoisotopic (exact) mass is 512 g/mol. The molecule has 190 valence electrons.